The third kappa shape index (κ3) is 4.50. The monoisotopic (exact) mass is 352 g/mol. The second kappa shape index (κ2) is 8.63. The molecule has 1 saturated heterocycles. The summed E-state index contributed by atoms with van der Waals surface area (Å²) >= 11 is 0. The van der Waals surface area contributed by atoms with E-state index in [1.165, 1.54) is 0 Å². The average Bonchev–Trinajstić information content (AvgIpc) is 3.13. The molecule has 2 aromatic rings. The predicted octanol–water partition coefficient (Wildman–Crippen LogP) is 1.99. The highest BCUT2D eigenvalue weighted by Crippen LogP contribution is 2.28. The van der Waals surface area contributed by atoms with Crippen LogP contribution in [0.5, 0.6) is 0 Å². The maximum atomic E-state index is 12.4. The molecular weight excluding hydrogens is 328 g/mol. The summed E-state index contributed by atoms with van der Waals surface area (Å²) in [7, 11) is 1.76. The van der Waals surface area contributed by atoms with E-state index in [1.807, 2.05) is 24.3 Å². The SMILES string of the molecule is C#CCN(C)C(=O)C[C@@H]1CCNC[C@@H]1Cc1cc(-c2ccccn2)on1. The maximum absolute atomic E-state index is 12.4. The molecule has 6 heteroatoms. The Morgan fingerprint density at radius 3 is 3.12 bits per heavy atom. The van der Waals surface area contributed by atoms with Crippen molar-refractivity contribution < 1.29 is 9.32 Å². The van der Waals surface area contributed by atoms with Crippen LogP contribution in [0.1, 0.15) is 18.5 Å². The summed E-state index contributed by atoms with van der Waals surface area (Å²) in [5.41, 5.74) is 1.67. The highest BCUT2D eigenvalue weighted by atomic mass is 16.5. The molecule has 0 bridgehead atoms. The van der Waals surface area contributed by atoms with Gasteiger partial charge in [0, 0.05) is 25.7 Å². The molecule has 3 rings (SSSR count). The smallest absolute Gasteiger partial charge is 0.223 e. The Morgan fingerprint density at radius 2 is 2.35 bits per heavy atom. The number of carbonyl (C=O) groups excluding carboxylic acids is 1. The van der Waals surface area contributed by atoms with E-state index in [-0.39, 0.29) is 5.91 Å². The van der Waals surface area contributed by atoms with Gasteiger partial charge >= 0.3 is 0 Å². The van der Waals surface area contributed by atoms with E-state index in [0.29, 0.717) is 30.6 Å². The number of terminal acetylenes is 1. The summed E-state index contributed by atoms with van der Waals surface area (Å²) < 4.78 is 5.45. The molecule has 3 heterocycles. The molecule has 26 heavy (non-hydrogen) atoms. The van der Waals surface area contributed by atoms with E-state index in [4.69, 9.17) is 10.9 Å². The normalized spacial score (nSPS) is 19.7. The van der Waals surface area contributed by atoms with Crippen molar-refractivity contribution in [3.63, 3.8) is 0 Å². The summed E-state index contributed by atoms with van der Waals surface area (Å²) in [6.07, 6.45) is 9.31. The van der Waals surface area contributed by atoms with E-state index < -0.39 is 0 Å². The number of amides is 1. The number of aromatic nitrogens is 2. The van der Waals surface area contributed by atoms with Crippen LogP contribution in [0.25, 0.3) is 11.5 Å². The minimum Gasteiger partial charge on any atom is -0.354 e. The van der Waals surface area contributed by atoms with Crippen molar-refractivity contribution in [1.82, 2.24) is 20.4 Å². The van der Waals surface area contributed by atoms with E-state index >= 15 is 0 Å². The molecule has 1 fully saturated rings. The Bertz CT molecular complexity index is 766. The number of nitrogens with one attached hydrogen (secondary N) is 1. The molecule has 136 valence electrons. The Hall–Kier alpha value is -2.65. The van der Waals surface area contributed by atoms with Crippen LogP contribution in [0.15, 0.2) is 35.0 Å². The van der Waals surface area contributed by atoms with Crippen molar-refractivity contribution in [2.75, 3.05) is 26.7 Å². The van der Waals surface area contributed by atoms with Crippen LogP contribution in [0.4, 0.5) is 0 Å². The Morgan fingerprint density at radius 1 is 1.46 bits per heavy atom. The third-order valence-corrected chi connectivity index (χ3v) is 4.90. The Kier molecular flexibility index (Phi) is 6.03. The summed E-state index contributed by atoms with van der Waals surface area (Å²) in [4.78, 5) is 18.3. The Balaban J connectivity index is 1.64. The number of piperidine rings is 1. The quantitative estimate of drug-likeness (QED) is 0.805. The van der Waals surface area contributed by atoms with Crippen LogP contribution in [-0.2, 0) is 11.2 Å². The molecule has 0 unspecified atom stereocenters. The van der Waals surface area contributed by atoms with Crippen LogP contribution >= 0.6 is 0 Å². The largest absolute Gasteiger partial charge is 0.354 e. The second-order valence-electron chi connectivity index (χ2n) is 6.77. The maximum Gasteiger partial charge on any atom is 0.223 e. The Labute approximate surface area is 154 Å². The first-order valence-electron chi connectivity index (χ1n) is 8.92. The first-order chi connectivity index (χ1) is 12.7. The molecule has 1 amide bonds. The van der Waals surface area contributed by atoms with Crippen molar-refractivity contribution in [3.05, 3.63) is 36.2 Å². The van der Waals surface area contributed by atoms with Crippen LogP contribution in [0.2, 0.25) is 0 Å². The van der Waals surface area contributed by atoms with E-state index in [1.54, 1.807) is 18.1 Å². The zero-order valence-electron chi connectivity index (χ0n) is 15.0. The standard InChI is InChI=1S/C20H24N4O2/c1-3-10-24(2)20(25)12-15-7-9-21-14-16(15)11-17-13-19(26-23-17)18-6-4-5-8-22-18/h1,4-6,8,13,15-16,21H,7,9-12,14H2,2H3/t15-,16-/m0/s1. The first-order valence-corrected chi connectivity index (χ1v) is 8.92. The predicted molar refractivity (Wildman–Crippen MR) is 99.0 cm³/mol. The van der Waals surface area contributed by atoms with Gasteiger partial charge in [0.2, 0.25) is 5.91 Å². The van der Waals surface area contributed by atoms with E-state index in [2.05, 4.69) is 21.4 Å². The average molecular weight is 352 g/mol. The molecule has 0 aromatic carbocycles. The summed E-state index contributed by atoms with van der Waals surface area (Å²) in [5, 5.41) is 7.62. The summed E-state index contributed by atoms with van der Waals surface area (Å²) in [6.45, 7) is 2.17. The van der Waals surface area contributed by atoms with Gasteiger partial charge in [0.05, 0.1) is 12.2 Å². The van der Waals surface area contributed by atoms with E-state index in [9.17, 15) is 4.79 Å². The molecule has 2 aromatic heterocycles. The van der Waals surface area contributed by atoms with Crippen LogP contribution in [0.3, 0.4) is 0 Å². The molecule has 0 aliphatic carbocycles. The van der Waals surface area contributed by atoms with Gasteiger partial charge in [-0.1, -0.05) is 17.1 Å². The fourth-order valence-electron chi connectivity index (χ4n) is 3.40. The molecular formula is C20H24N4O2. The topological polar surface area (TPSA) is 71.3 Å². The first kappa shape index (κ1) is 18.2. The van der Waals surface area contributed by atoms with Gasteiger partial charge in [0.1, 0.15) is 5.69 Å². The molecule has 1 N–H and O–H groups in total. The molecule has 6 nitrogen and oxygen atoms in total. The fraction of sp³-hybridized carbons (Fsp3) is 0.450. The van der Waals surface area contributed by atoms with Gasteiger partial charge in [-0.05, 0) is 49.9 Å². The number of hydrogen-bond acceptors (Lipinski definition) is 5. The lowest BCUT2D eigenvalue weighted by molar-refractivity contribution is -0.131. The van der Waals surface area contributed by atoms with Crippen molar-refractivity contribution in [1.29, 1.82) is 0 Å². The van der Waals surface area contributed by atoms with Gasteiger partial charge in [-0.3, -0.25) is 9.78 Å². The lowest BCUT2D eigenvalue weighted by Crippen LogP contribution is -2.40. The van der Waals surface area contributed by atoms with Crippen molar-refractivity contribution in [3.8, 4) is 23.8 Å². The third-order valence-electron chi connectivity index (χ3n) is 4.90. The summed E-state index contributed by atoms with van der Waals surface area (Å²) in [6, 6.07) is 7.63. The van der Waals surface area contributed by atoms with Gasteiger partial charge < -0.3 is 14.7 Å². The highest BCUT2D eigenvalue weighted by molar-refractivity contribution is 5.76. The summed E-state index contributed by atoms with van der Waals surface area (Å²) in [5.74, 6) is 3.96. The number of nitrogens with zero attached hydrogens (tertiary/aromatic N) is 3. The van der Waals surface area contributed by atoms with Crippen LogP contribution in [-0.4, -0.2) is 47.6 Å². The van der Waals surface area contributed by atoms with E-state index in [0.717, 1.165) is 37.3 Å². The van der Waals surface area contributed by atoms with Gasteiger partial charge in [-0.25, -0.2) is 0 Å². The van der Waals surface area contributed by atoms with Gasteiger partial charge in [-0.15, -0.1) is 6.42 Å². The molecule has 0 radical (unpaired) electrons. The van der Waals surface area contributed by atoms with Crippen LogP contribution < -0.4 is 5.32 Å². The number of rotatable bonds is 6. The lowest BCUT2D eigenvalue weighted by atomic mass is 9.81. The van der Waals surface area contributed by atoms with Crippen LogP contribution in [0, 0.1) is 24.2 Å². The molecule has 1 aliphatic rings. The number of pyridine rings is 1. The van der Waals surface area contributed by atoms with Crippen molar-refractivity contribution in [2.24, 2.45) is 11.8 Å². The van der Waals surface area contributed by atoms with Crippen molar-refractivity contribution >= 4 is 5.91 Å². The fourth-order valence-corrected chi connectivity index (χ4v) is 3.40. The zero-order chi connectivity index (χ0) is 18.4. The highest BCUT2D eigenvalue weighted by Gasteiger charge is 2.29. The van der Waals surface area contributed by atoms with Crippen molar-refractivity contribution in [2.45, 2.75) is 19.3 Å². The van der Waals surface area contributed by atoms with Gasteiger partial charge in [0.25, 0.3) is 0 Å². The molecule has 0 saturated carbocycles. The molecule has 0 spiro atoms. The second-order valence-corrected chi connectivity index (χ2v) is 6.77. The zero-order valence-corrected chi connectivity index (χ0v) is 15.0. The lowest BCUT2D eigenvalue weighted by Gasteiger charge is -2.32. The molecule has 1 aliphatic heterocycles. The number of hydrogen-bond donors (Lipinski definition) is 1. The molecule has 2 atom stereocenters. The number of carbonyl (C=O) groups is 1. The van der Waals surface area contributed by atoms with Gasteiger partial charge in [-0.2, -0.15) is 0 Å². The minimum atomic E-state index is 0.106. The minimum absolute atomic E-state index is 0.106. The van der Waals surface area contributed by atoms with Gasteiger partial charge in [0.15, 0.2) is 5.76 Å².